The van der Waals surface area contributed by atoms with E-state index >= 15 is 0 Å². The fourth-order valence-electron chi connectivity index (χ4n) is 2.85. The van der Waals surface area contributed by atoms with Gasteiger partial charge in [0, 0.05) is 17.4 Å². The molecule has 12 heteroatoms. The van der Waals surface area contributed by atoms with Gasteiger partial charge in [-0.25, -0.2) is 28.4 Å². The third-order valence-electron chi connectivity index (χ3n) is 4.44. The van der Waals surface area contributed by atoms with Crippen LogP contribution in [0, 0.1) is 0 Å². The van der Waals surface area contributed by atoms with E-state index < -0.39 is 10.0 Å². The Morgan fingerprint density at radius 2 is 1.57 bits per heavy atom. The summed E-state index contributed by atoms with van der Waals surface area (Å²) in [4.78, 5) is 16.6. The molecule has 0 saturated heterocycles. The van der Waals surface area contributed by atoms with E-state index in [-0.39, 0.29) is 34.1 Å². The molecule has 2 aromatic heterocycles. The highest BCUT2D eigenvalue weighted by Crippen LogP contribution is 2.39. The van der Waals surface area contributed by atoms with Gasteiger partial charge in [0.2, 0.25) is 11.6 Å². The van der Waals surface area contributed by atoms with Crippen LogP contribution < -0.4 is 14.2 Å². The Hall–Kier alpha value is -3.73. The Morgan fingerprint density at radius 3 is 2.29 bits per heavy atom. The molecule has 0 unspecified atom stereocenters. The third kappa shape index (κ3) is 6.04. The van der Waals surface area contributed by atoms with Crippen LogP contribution >= 0.6 is 23.2 Å². The normalized spacial score (nSPS) is 11.4. The average molecular weight is 530 g/mol. The molecule has 0 bridgehead atoms. The van der Waals surface area contributed by atoms with Gasteiger partial charge >= 0.3 is 0 Å². The number of ether oxygens (including phenoxy) is 2. The second kappa shape index (κ2) is 10.7. The SMILES string of the molecule is COc1ccccc1Oc1c(Cl)nc(-c2ncccn2)nc1NS(=O)(=O)/C=C/c1ccccc1Cl. The Kier molecular flexibility index (Phi) is 7.45. The van der Waals surface area contributed by atoms with Gasteiger partial charge < -0.3 is 9.47 Å². The van der Waals surface area contributed by atoms with E-state index in [2.05, 4.69) is 24.7 Å². The van der Waals surface area contributed by atoms with Crippen LogP contribution in [-0.2, 0) is 10.0 Å². The van der Waals surface area contributed by atoms with Crippen LogP contribution in [0.2, 0.25) is 10.2 Å². The van der Waals surface area contributed by atoms with Crippen molar-refractivity contribution in [2.45, 2.75) is 0 Å². The summed E-state index contributed by atoms with van der Waals surface area (Å²) in [5, 5.41) is 1.18. The molecular formula is C23H17Cl2N5O4S. The van der Waals surface area contributed by atoms with Crippen LogP contribution in [0.1, 0.15) is 5.56 Å². The molecule has 178 valence electrons. The maximum Gasteiger partial charge on any atom is 0.256 e. The van der Waals surface area contributed by atoms with Crippen molar-refractivity contribution in [2.24, 2.45) is 0 Å². The lowest BCUT2D eigenvalue weighted by Gasteiger charge is -2.15. The summed E-state index contributed by atoms with van der Waals surface area (Å²) in [5.41, 5.74) is 0.518. The van der Waals surface area contributed by atoms with Gasteiger partial charge in [-0.2, -0.15) is 0 Å². The molecule has 2 aromatic carbocycles. The highest BCUT2D eigenvalue weighted by molar-refractivity contribution is 7.95. The minimum atomic E-state index is -4.09. The molecule has 0 aliphatic rings. The van der Waals surface area contributed by atoms with E-state index in [9.17, 15) is 8.42 Å². The van der Waals surface area contributed by atoms with Crippen LogP contribution in [0.25, 0.3) is 17.7 Å². The van der Waals surface area contributed by atoms with Crippen molar-refractivity contribution < 1.29 is 17.9 Å². The molecule has 4 aromatic rings. The Morgan fingerprint density at radius 1 is 0.886 bits per heavy atom. The zero-order valence-electron chi connectivity index (χ0n) is 18.1. The first kappa shape index (κ1) is 24.4. The number of rotatable bonds is 8. The first-order valence-corrected chi connectivity index (χ1v) is 12.3. The van der Waals surface area contributed by atoms with Gasteiger partial charge in [0.25, 0.3) is 10.0 Å². The van der Waals surface area contributed by atoms with Crippen LogP contribution in [-0.4, -0.2) is 35.5 Å². The molecule has 1 N–H and O–H groups in total. The summed E-state index contributed by atoms with van der Waals surface area (Å²) in [6.07, 6.45) is 4.35. The lowest BCUT2D eigenvalue weighted by molar-refractivity contribution is 0.378. The van der Waals surface area contributed by atoms with Gasteiger partial charge in [0.1, 0.15) is 0 Å². The van der Waals surface area contributed by atoms with Crippen LogP contribution in [0.3, 0.4) is 0 Å². The molecule has 0 aliphatic heterocycles. The fourth-order valence-corrected chi connectivity index (χ4v) is 4.06. The first-order chi connectivity index (χ1) is 16.9. The second-order valence-corrected chi connectivity index (χ2v) is 9.14. The zero-order valence-corrected chi connectivity index (χ0v) is 20.4. The number of benzene rings is 2. The van der Waals surface area contributed by atoms with Crippen LogP contribution in [0.4, 0.5) is 5.82 Å². The van der Waals surface area contributed by atoms with E-state index in [1.54, 1.807) is 54.6 Å². The van der Waals surface area contributed by atoms with Gasteiger partial charge in [0.05, 0.1) is 12.5 Å². The average Bonchev–Trinajstić information content (AvgIpc) is 2.86. The maximum absolute atomic E-state index is 12.9. The van der Waals surface area contributed by atoms with E-state index in [1.165, 1.54) is 25.6 Å². The van der Waals surface area contributed by atoms with Crippen molar-refractivity contribution >= 4 is 45.1 Å². The van der Waals surface area contributed by atoms with Gasteiger partial charge in [-0.3, -0.25) is 4.72 Å². The topological polar surface area (TPSA) is 116 Å². The number of nitrogens with zero attached hydrogens (tertiary/aromatic N) is 4. The summed E-state index contributed by atoms with van der Waals surface area (Å²) >= 11 is 12.5. The van der Waals surface area contributed by atoms with Gasteiger partial charge in [0.15, 0.2) is 28.3 Å². The Labute approximate surface area is 211 Å². The summed E-state index contributed by atoms with van der Waals surface area (Å²) < 4.78 is 39.4. The molecule has 4 rings (SSSR count). The number of hydrogen-bond acceptors (Lipinski definition) is 8. The molecule has 9 nitrogen and oxygen atoms in total. The van der Waals surface area contributed by atoms with Crippen LogP contribution in [0.5, 0.6) is 17.2 Å². The van der Waals surface area contributed by atoms with Crippen molar-refractivity contribution in [1.29, 1.82) is 0 Å². The quantitative estimate of drug-likeness (QED) is 0.299. The van der Waals surface area contributed by atoms with E-state index in [0.717, 1.165) is 5.41 Å². The number of para-hydroxylation sites is 2. The Balaban J connectivity index is 1.76. The molecular weight excluding hydrogens is 513 g/mol. The summed E-state index contributed by atoms with van der Waals surface area (Å²) in [6, 6.07) is 15.2. The van der Waals surface area contributed by atoms with Crippen molar-refractivity contribution in [2.75, 3.05) is 11.8 Å². The van der Waals surface area contributed by atoms with Gasteiger partial charge in [-0.1, -0.05) is 53.5 Å². The molecule has 2 heterocycles. The second-order valence-electron chi connectivity index (χ2n) is 6.81. The number of halogens is 2. The standard InChI is InChI=1S/C23H17Cl2N5O4S/c1-33-17-9-4-5-10-18(17)34-19-20(25)28-23(22-26-12-6-13-27-22)29-21(19)30-35(31,32)14-11-15-7-2-3-8-16(15)24/h2-14H,1H3,(H,28,29,30)/b14-11+. The number of methoxy groups -OCH3 is 1. The highest BCUT2D eigenvalue weighted by atomic mass is 35.5. The van der Waals surface area contributed by atoms with Crippen molar-refractivity contribution in [3.05, 3.63) is 88.1 Å². The lowest BCUT2D eigenvalue weighted by Crippen LogP contribution is -2.13. The van der Waals surface area contributed by atoms with Crippen LogP contribution in [0.15, 0.2) is 72.4 Å². The minimum Gasteiger partial charge on any atom is -0.493 e. The zero-order chi connectivity index (χ0) is 24.8. The maximum atomic E-state index is 12.9. The largest absolute Gasteiger partial charge is 0.493 e. The summed E-state index contributed by atoms with van der Waals surface area (Å²) in [7, 11) is -2.61. The number of nitrogens with one attached hydrogen (secondary N) is 1. The monoisotopic (exact) mass is 529 g/mol. The molecule has 0 spiro atoms. The minimum absolute atomic E-state index is 0.00393. The van der Waals surface area contributed by atoms with Crippen molar-refractivity contribution in [3.63, 3.8) is 0 Å². The summed E-state index contributed by atoms with van der Waals surface area (Å²) in [5.74, 6) is 0.455. The third-order valence-corrected chi connectivity index (χ3v) is 6.01. The smallest absolute Gasteiger partial charge is 0.256 e. The molecule has 35 heavy (non-hydrogen) atoms. The molecule has 0 radical (unpaired) electrons. The Bertz CT molecular complexity index is 1480. The van der Waals surface area contributed by atoms with E-state index in [4.69, 9.17) is 32.7 Å². The number of sulfonamides is 1. The van der Waals surface area contributed by atoms with Gasteiger partial charge in [-0.15, -0.1) is 0 Å². The van der Waals surface area contributed by atoms with E-state index in [1.807, 2.05) is 0 Å². The van der Waals surface area contributed by atoms with Crippen molar-refractivity contribution in [1.82, 2.24) is 19.9 Å². The molecule has 0 amide bonds. The van der Waals surface area contributed by atoms with Crippen molar-refractivity contribution in [3.8, 4) is 28.9 Å². The number of aromatic nitrogens is 4. The lowest BCUT2D eigenvalue weighted by atomic mass is 10.2. The molecule has 0 saturated carbocycles. The first-order valence-electron chi connectivity index (χ1n) is 9.97. The molecule has 0 fully saturated rings. The molecule has 0 atom stereocenters. The number of anilines is 1. The molecule has 0 aliphatic carbocycles. The fraction of sp³-hybridized carbons (Fsp3) is 0.0435. The van der Waals surface area contributed by atoms with Gasteiger partial charge in [-0.05, 0) is 35.9 Å². The number of hydrogen-bond donors (Lipinski definition) is 1. The predicted molar refractivity (Wildman–Crippen MR) is 134 cm³/mol. The predicted octanol–water partition coefficient (Wildman–Crippen LogP) is 5.45. The highest BCUT2D eigenvalue weighted by Gasteiger charge is 2.22. The summed E-state index contributed by atoms with van der Waals surface area (Å²) in [6.45, 7) is 0. The van der Waals surface area contributed by atoms with E-state index in [0.29, 0.717) is 16.3 Å².